The molecule has 1 heterocycles. The van der Waals surface area contributed by atoms with Gasteiger partial charge in [-0.1, -0.05) is 0 Å². The van der Waals surface area contributed by atoms with E-state index >= 15 is 0 Å². The molecular weight excluding hydrogens is 172 g/mol. The first kappa shape index (κ1) is 9.36. The highest BCUT2D eigenvalue weighted by Crippen LogP contribution is 2.39. The summed E-state index contributed by atoms with van der Waals surface area (Å²) in [6.45, 7) is -0.176. The van der Waals surface area contributed by atoms with Crippen molar-refractivity contribution in [3.63, 3.8) is 0 Å². The summed E-state index contributed by atoms with van der Waals surface area (Å²) in [5.74, 6) is 0. The molecule has 0 amide bonds. The maximum Gasteiger partial charge on any atom is 0.0990 e. The summed E-state index contributed by atoms with van der Waals surface area (Å²) in [7, 11) is 0. The summed E-state index contributed by atoms with van der Waals surface area (Å²) in [6.07, 6.45) is -0.0280. The van der Waals surface area contributed by atoms with Gasteiger partial charge in [-0.25, -0.2) is 0 Å². The van der Waals surface area contributed by atoms with Crippen LogP contribution in [0.5, 0.6) is 0 Å². The predicted molar refractivity (Wildman–Crippen MR) is 46.0 cm³/mol. The molecule has 6 N–H and O–H groups in total. The van der Waals surface area contributed by atoms with Crippen molar-refractivity contribution in [3.05, 3.63) is 0 Å². The molecule has 13 heavy (non-hydrogen) atoms. The monoisotopic (exact) mass is 188 g/mol. The van der Waals surface area contributed by atoms with Gasteiger partial charge in [0, 0.05) is 5.54 Å². The zero-order valence-corrected chi connectivity index (χ0v) is 7.35. The number of hydrogen-bond donors (Lipinski definition) is 5. The second-order valence-corrected chi connectivity index (χ2v) is 4.15. The van der Waals surface area contributed by atoms with E-state index in [2.05, 4.69) is 5.32 Å². The second kappa shape index (κ2) is 2.90. The molecule has 0 radical (unpaired) electrons. The molecule has 1 aliphatic heterocycles. The van der Waals surface area contributed by atoms with Crippen LogP contribution in [0.4, 0.5) is 0 Å². The van der Waals surface area contributed by atoms with Crippen molar-refractivity contribution in [3.8, 4) is 0 Å². The molecule has 5 heteroatoms. The van der Waals surface area contributed by atoms with Crippen LogP contribution in [-0.4, -0.2) is 51.8 Å². The molecule has 5 nitrogen and oxygen atoms in total. The van der Waals surface area contributed by atoms with Crippen LogP contribution in [0.25, 0.3) is 0 Å². The number of rotatable bonds is 2. The first-order valence-corrected chi connectivity index (χ1v) is 4.60. The summed E-state index contributed by atoms with van der Waals surface area (Å²) >= 11 is 0. The van der Waals surface area contributed by atoms with E-state index in [1.807, 2.05) is 0 Å². The number of hydrogen-bond acceptors (Lipinski definition) is 5. The number of nitrogens with one attached hydrogen (secondary N) is 1. The zero-order chi connectivity index (χ0) is 9.64. The molecule has 2 aliphatic rings. The van der Waals surface area contributed by atoms with Gasteiger partial charge in [0.05, 0.1) is 30.9 Å². The fourth-order valence-electron chi connectivity index (χ4n) is 1.99. The van der Waals surface area contributed by atoms with Crippen molar-refractivity contribution in [2.24, 2.45) is 5.73 Å². The van der Waals surface area contributed by atoms with Gasteiger partial charge in [0.1, 0.15) is 0 Å². The topological polar surface area (TPSA) is 98.7 Å². The Hall–Kier alpha value is -0.200. The van der Waals surface area contributed by atoms with E-state index in [1.165, 1.54) is 0 Å². The van der Waals surface area contributed by atoms with Gasteiger partial charge in [-0.15, -0.1) is 0 Å². The Morgan fingerprint density at radius 2 is 1.92 bits per heavy atom. The van der Waals surface area contributed by atoms with E-state index in [4.69, 9.17) is 10.8 Å². The predicted octanol–water partition coefficient (Wildman–Crippen LogP) is -2.47. The minimum Gasteiger partial charge on any atom is -0.395 e. The highest BCUT2D eigenvalue weighted by atomic mass is 16.3. The maximum absolute atomic E-state index is 9.63. The Kier molecular flexibility index (Phi) is 2.08. The average molecular weight is 188 g/mol. The van der Waals surface area contributed by atoms with Crippen LogP contribution in [0.2, 0.25) is 0 Å². The fraction of sp³-hybridized carbons (Fsp3) is 1.00. The van der Waals surface area contributed by atoms with Crippen LogP contribution >= 0.6 is 0 Å². The van der Waals surface area contributed by atoms with Crippen molar-refractivity contribution >= 4 is 0 Å². The van der Waals surface area contributed by atoms with E-state index in [-0.39, 0.29) is 18.2 Å². The van der Waals surface area contributed by atoms with Crippen molar-refractivity contribution in [1.29, 1.82) is 0 Å². The molecule has 1 saturated carbocycles. The van der Waals surface area contributed by atoms with Crippen molar-refractivity contribution in [2.75, 3.05) is 6.61 Å². The molecule has 2 fully saturated rings. The Labute approximate surface area is 76.6 Å². The van der Waals surface area contributed by atoms with E-state index in [0.29, 0.717) is 0 Å². The van der Waals surface area contributed by atoms with Crippen LogP contribution in [0.3, 0.4) is 0 Å². The van der Waals surface area contributed by atoms with Crippen LogP contribution in [0.15, 0.2) is 0 Å². The largest absolute Gasteiger partial charge is 0.395 e. The molecule has 4 atom stereocenters. The average Bonchev–Trinajstić information content (AvgIpc) is 2.77. The molecule has 0 aromatic heterocycles. The molecule has 1 aliphatic carbocycles. The lowest BCUT2D eigenvalue weighted by Gasteiger charge is -2.22. The molecule has 0 bridgehead atoms. The summed E-state index contributed by atoms with van der Waals surface area (Å²) < 4.78 is 0. The van der Waals surface area contributed by atoms with Gasteiger partial charge in [-0.2, -0.15) is 0 Å². The van der Waals surface area contributed by atoms with Crippen LogP contribution in [0.1, 0.15) is 12.8 Å². The Balaban J connectivity index is 2.07. The van der Waals surface area contributed by atoms with E-state index in [1.54, 1.807) is 0 Å². The molecule has 1 saturated heterocycles. The van der Waals surface area contributed by atoms with E-state index < -0.39 is 18.2 Å². The van der Waals surface area contributed by atoms with Crippen molar-refractivity contribution < 1.29 is 15.3 Å². The SMILES string of the molecule is NC1([C@H]2N[C@@H](CO)[C@@H](O)[C@H]2O)CC1. The van der Waals surface area contributed by atoms with Crippen molar-refractivity contribution in [2.45, 2.75) is 42.7 Å². The van der Waals surface area contributed by atoms with E-state index in [9.17, 15) is 10.2 Å². The number of nitrogens with two attached hydrogens (primary N) is 1. The first-order chi connectivity index (χ1) is 6.08. The van der Waals surface area contributed by atoms with Gasteiger partial charge < -0.3 is 26.4 Å². The molecular formula is C8H16N2O3. The third-order valence-corrected chi connectivity index (χ3v) is 3.14. The summed E-state index contributed by atoms with van der Waals surface area (Å²) in [4.78, 5) is 0. The minimum absolute atomic E-state index is 0.176. The fourth-order valence-corrected chi connectivity index (χ4v) is 1.99. The zero-order valence-electron chi connectivity index (χ0n) is 7.35. The molecule has 0 spiro atoms. The lowest BCUT2D eigenvalue weighted by molar-refractivity contribution is 0.0158. The molecule has 0 unspecified atom stereocenters. The molecule has 0 aromatic carbocycles. The quantitative estimate of drug-likeness (QED) is 0.331. The van der Waals surface area contributed by atoms with Gasteiger partial charge in [0.25, 0.3) is 0 Å². The number of aliphatic hydroxyl groups excluding tert-OH is 3. The highest BCUT2D eigenvalue weighted by molar-refractivity contribution is 5.16. The second-order valence-electron chi connectivity index (χ2n) is 4.15. The van der Waals surface area contributed by atoms with Gasteiger partial charge in [-0.3, -0.25) is 0 Å². The van der Waals surface area contributed by atoms with Crippen LogP contribution < -0.4 is 11.1 Å². The highest BCUT2D eigenvalue weighted by Gasteiger charge is 2.55. The minimum atomic E-state index is -0.906. The van der Waals surface area contributed by atoms with Gasteiger partial charge in [-0.05, 0) is 12.8 Å². The summed E-state index contributed by atoms with van der Waals surface area (Å²) in [6, 6.07) is -0.722. The maximum atomic E-state index is 9.63. The molecule has 0 aromatic rings. The smallest absolute Gasteiger partial charge is 0.0990 e. The Morgan fingerprint density at radius 1 is 1.31 bits per heavy atom. The van der Waals surface area contributed by atoms with Gasteiger partial charge in [0.2, 0.25) is 0 Å². The van der Waals surface area contributed by atoms with Crippen LogP contribution in [-0.2, 0) is 0 Å². The summed E-state index contributed by atoms with van der Waals surface area (Å²) in [5, 5.41) is 31.0. The Bertz CT molecular complexity index is 208. The van der Waals surface area contributed by atoms with Gasteiger partial charge in [0.15, 0.2) is 0 Å². The van der Waals surface area contributed by atoms with E-state index in [0.717, 1.165) is 12.8 Å². The standard InChI is InChI=1S/C8H16N2O3/c9-8(1-2-8)7-6(13)5(12)4(3-11)10-7/h4-7,10-13H,1-3,9H2/t4-,5+,6+,7-/m0/s1. The van der Waals surface area contributed by atoms with Gasteiger partial charge >= 0.3 is 0 Å². The summed E-state index contributed by atoms with van der Waals surface area (Å²) in [5.41, 5.74) is 5.54. The molecule has 76 valence electrons. The lowest BCUT2D eigenvalue weighted by atomic mass is 10.0. The molecule has 2 rings (SSSR count). The van der Waals surface area contributed by atoms with Crippen LogP contribution in [0, 0.1) is 0 Å². The number of aliphatic hydroxyl groups is 3. The normalized spacial score (nSPS) is 48.0. The first-order valence-electron chi connectivity index (χ1n) is 4.60. The van der Waals surface area contributed by atoms with Crippen molar-refractivity contribution in [1.82, 2.24) is 5.32 Å². The Morgan fingerprint density at radius 3 is 2.31 bits per heavy atom. The third-order valence-electron chi connectivity index (χ3n) is 3.14. The third kappa shape index (κ3) is 1.37. The lowest BCUT2D eigenvalue weighted by Crippen LogP contribution is -2.50.